The van der Waals surface area contributed by atoms with Crippen molar-refractivity contribution in [1.29, 1.82) is 0 Å². The van der Waals surface area contributed by atoms with Crippen LogP contribution < -0.4 is 4.74 Å². The smallest absolute Gasteiger partial charge is 0.348 e. The van der Waals surface area contributed by atoms with Gasteiger partial charge in [0.05, 0.1) is 13.2 Å². The molecule has 0 atom stereocenters. The maximum atomic E-state index is 11.9. The second-order valence-electron chi connectivity index (χ2n) is 5.78. The van der Waals surface area contributed by atoms with Crippen molar-refractivity contribution < 1.29 is 14.3 Å². The monoisotopic (exact) mass is 354 g/mol. The molecular formula is C21H22O3S. The molecule has 0 N–H and O–H groups in total. The highest BCUT2D eigenvalue weighted by Crippen LogP contribution is 2.27. The van der Waals surface area contributed by atoms with Gasteiger partial charge in [-0.1, -0.05) is 24.3 Å². The van der Waals surface area contributed by atoms with E-state index in [1.54, 1.807) is 0 Å². The van der Waals surface area contributed by atoms with E-state index in [4.69, 9.17) is 9.47 Å². The first-order valence-corrected chi connectivity index (χ1v) is 9.42. The summed E-state index contributed by atoms with van der Waals surface area (Å²) in [6, 6.07) is 16.6. The summed E-state index contributed by atoms with van der Waals surface area (Å²) in [5.74, 6) is 0.678. The van der Waals surface area contributed by atoms with E-state index in [0.29, 0.717) is 18.1 Å². The van der Waals surface area contributed by atoms with Crippen LogP contribution in [-0.2, 0) is 17.6 Å². The van der Waals surface area contributed by atoms with Crippen LogP contribution in [0.4, 0.5) is 0 Å². The van der Waals surface area contributed by atoms with Gasteiger partial charge in [0.25, 0.3) is 0 Å². The van der Waals surface area contributed by atoms with Gasteiger partial charge >= 0.3 is 5.97 Å². The van der Waals surface area contributed by atoms with Gasteiger partial charge in [-0.15, -0.1) is 11.3 Å². The maximum Gasteiger partial charge on any atom is 0.348 e. The van der Waals surface area contributed by atoms with Gasteiger partial charge in [-0.25, -0.2) is 4.79 Å². The van der Waals surface area contributed by atoms with E-state index < -0.39 is 0 Å². The third-order valence-electron chi connectivity index (χ3n) is 4.00. The summed E-state index contributed by atoms with van der Waals surface area (Å²) < 4.78 is 11.7. The quantitative estimate of drug-likeness (QED) is 0.543. The fourth-order valence-corrected chi connectivity index (χ4v) is 3.76. The highest BCUT2D eigenvalue weighted by molar-refractivity contribution is 7.20. The Morgan fingerprint density at radius 3 is 2.36 bits per heavy atom. The van der Waals surface area contributed by atoms with Crippen LogP contribution >= 0.6 is 11.3 Å². The fourth-order valence-electron chi connectivity index (χ4n) is 2.74. The molecule has 0 unspecified atom stereocenters. The molecule has 0 fully saturated rings. The number of fused-ring (bicyclic) bond motifs is 1. The van der Waals surface area contributed by atoms with Crippen LogP contribution in [0.25, 0.3) is 10.1 Å². The molecule has 2 aromatic carbocycles. The molecule has 25 heavy (non-hydrogen) atoms. The lowest BCUT2D eigenvalue weighted by molar-refractivity contribution is 0.0532. The Morgan fingerprint density at radius 1 is 0.920 bits per heavy atom. The zero-order chi connectivity index (χ0) is 17.6. The molecule has 1 heterocycles. The number of hydrogen-bond donors (Lipinski definition) is 0. The van der Waals surface area contributed by atoms with Crippen molar-refractivity contribution in [2.75, 3.05) is 13.2 Å². The molecule has 0 bridgehead atoms. The zero-order valence-electron chi connectivity index (χ0n) is 14.6. The number of rotatable bonds is 7. The first-order valence-electron chi connectivity index (χ1n) is 8.61. The first-order chi connectivity index (χ1) is 12.2. The lowest BCUT2D eigenvalue weighted by Crippen LogP contribution is -2.01. The molecule has 3 aromatic rings. The second kappa shape index (κ2) is 8.17. The second-order valence-corrected chi connectivity index (χ2v) is 6.86. The average molecular weight is 354 g/mol. The number of thiophene rings is 1. The predicted octanol–water partition coefficient (Wildman–Crippen LogP) is 5.26. The van der Waals surface area contributed by atoms with Gasteiger partial charge in [0, 0.05) is 4.70 Å². The van der Waals surface area contributed by atoms with Gasteiger partial charge in [0.15, 0.2) is 0 Å². The number of carbonyl (C=O) groups is 1. The zero-order valence-corrected chi connectivity index (χ0v) is 15.4. The van der Waals surface area contributed by atoms with Crippen LogP contribution in [-0.4, -0.2) is 19.2 Å². The minimum atomic E-state index is -0.236. The molecule has 0 amide bonds. The highest BCUT2D eigenvalue weighted by Gasteiger charge is 2.11. The summed E-state index contributed by atoms with van der Waals surface area (Å²) >= 11 is 1.50. The van der Waals surface area contributed by atoms with Crippen molar-refractivity contribution in [3.05, 3.63) is 64.5 Å². The lowest BCUT2D eigenvalue weighted by Gasteiger charge is -2.05. The minimum Gasteiger partial charge on any atom is -0.494 e. The van der Waals surface area contributed by atoms with E-state index >= 15 is 0 Å². The van der Waals surface area contributed by atoms with Crippen LogP contribution in [0.1, 0.15) is 34.6 Å². The van der Waals surface area contributed by atoms with Crippen LogP contribution in [0.3, 0.4) is 0 Å². The molecule has 130 valence electrons. The van der Waals surface area contributed by atoms with E-state index in [0.717, 1.165) is 28.7 Å². The summed E-state index contributed by atoms with van der Waals surface area (Å²) in [5, 5.41) is 1.10. The van der Waals surface area contributed by atoms with Gasteiger partial charge in [0.2, 0.25) is 0 Å². The van der Waals surface area contributed by atoms with Gasteiger partial charge in [-0.05, 0) is 67.5 Å². The molecule has 0 spiro atoms. The van der Waals surface area contributed by atoms with Crippen molar-refractivity contribution in [2.24, 2.45) is 0 Å². The molecule has 0 aliphatic rings. The molecule has 0 radical (unpaired) electrons. The van der Waals surface area contributed by atoms with Crippen molar-refractivity contribution in [1.82, 2.24) is 0 Å². The normalized spacial score (nSPS) is 10.8. The standard InChI is InChI=1S/C21H22O3S/c1-3-23-18-11-8-15(9-12-18)5-6-16-7-10-17-14-20(21(22)24-4-2)25-19(17)13-16/h7-14H,3-6H2,1-2H3. The number of esters is 1. The molecule has 0 saturated carbocycles. The van der Waals surface area contributed by atoms with Gasteiger partial charge in [0.1, 0.15) is 10.6 Å². The minimum absolute atomic E-state index is 0.236. The number of carbonyl (C=O) groups excluding carboxylic acids is 1. The summed E-state index contributed by atoms with van der Waals surface area (Å²) in [5.41, 5.74) is 2.57. The van der Waals surface area contributed by atoms with E-state index in [1.165, 1.54) is 22.5 Å². The highest BCUT2D eigenvalue weighted by atomic mass is 32.1. The first kappa shape index (κ1) is 17.5. The molecule has 3 nitrogen and oxygen atoms in total. The van der Waals surface area contributed by atoms with Crippen molar-refractivity contribution in [2.45, 2.75) is 26.7 Å². The Morgan fingerprint density at radius 2 is 1.64 bits per heavy atom. The Balaban J connectivity index is 1.68. The van der Waals surface area contributed by atoms with E-state index in [-0.39, 0.29) is 5.97 Å². The lowest BCUT2D eigenvalue weighted by atomic mass is 10.0. The third-order valence-corrected chi connectivity index (χ3v) is 5.08. The van der Waals surface area contributed by atoms with Gasteiger partial charge in [-0.3, -0.25) is 0 Å². The summed E-state index contributed by atoms with van der Waals surface area (Å²) in [7, 11) is 0. The topological polar surface area (TPSA) is 35.5 Å². The van der Waals surface area contributed by atoms with Crippen molar-refractivity contribution in [3.63, 3.8) is 0 Å². The molecule has 3 rings (SSSR count). The molecule has 0 saturated heterocycles. The summed E-state index contributed by atoms with van der Waals surface area (Å²) in [6.45, 7) is 4.90. The molecule has 4 heteroatoms. The Kier molecular flexibility index (Phi) is 5.71. The Hall–Kier alpha value is -2.33. The molecule has 0 aliphatic carbocycles. The Bertz CT molecular complexity index is 849. The third kappa shape index (κ3) is 4.40. The maximum absolute atomic E-state index is 11.9. The number of hydrogen-bond acceptors (Lipinski definition) is 4. The predicted molar refractivity (Wildman–Crippen MR) is 103 cm³/mol. The van der Waals surface area contributed by atoms with E-state index in [9.17, 15) is 4.79 Å². The SMILES string of the molecule is CCOC(=O)c1cc2ccc(CCc3ccc(OCC)cc3)cc2s1. The fraction of sp³-hybridized carbons (Fsp3) is 0.286. The molecule has 1 aromatic heterocycles. The summed E-state index contributed by atoms with van der Waals surface area (Å²) in [4.78, 5) is 12.5. The van der Waals surface area contributed by atoms with Crippen LogP contribution in [0.15, 0.2) is 48.5 Å². The van der Waals surface area contributed by atoms with Crippen LogP contribution in [0, 0.1) is 0 Å². The van der Waals surface area contributed by atoms with Crippen LogP contribution in [0.2, 0.25) is 0 Å². The van der Waals surface area contributed by atoms with Crippen molar-refractivity contribution in [3.8, 4) is 5.75 Å². The number of ether oxygens (including phenoxy) is 2. The van der Waals surface area contributed by atoms with Crippen LogP contribution in [0.5, 0.6) is 5.75 Å². The number of benzene rings is 2. The van der Waals surface area contributed by atoms with Crippen molar-refractivity contribution >= 4 is 27.4 Å². The van der Waals surface area contributed by atoms with Gasteiger partial charge in [-0.2, -0.15) is 0 Å². The number of aryl methyl sites for hydroxylation is 2. The Labute approximate surface area is 152 Å². The van der Waals surface area contributed by atoms with E-state index in [1.807, 2.05) is 32.0 Å². The largest absolute Gasteiger partial charge is 0.494 e. The van der Waals surface area contributed by atoms with Gasteiger partial charge < -0.3 is 9.47 Å². The summed E-state index contributed by atoms with van der Waals surface area (Å²) in [6.07, 6.45) is 1.95. The molecular weight excluding hydrogens is 332 g/mol. The van der Waals surface area contributed by atoms with E-state index in [2.05, 4.69) is 30.3 Å². The molecule has 0 aliphatic heterocycles. The average Bonchev–Trinajstić information content (AvgIpc) is 3.05.